The molecule has 1 atom stereocenters. The van der Waals surface area contributed by atoms with Crippen LogP contribution >= 0.6 is 11.3 Å². The van der Waals surface area contributed by atoms with Crippen LogP contribution in [0, 0.1) is 0 Å². The van der Waals surface area contributed by atoms with E-state index < -0.39 is 0 Å². The molecule has 0 spiro atoms. The Balaban J connectivity index is 2.26. The fraction of sp³-hybridized carbons (Fsp3) is 0.375. The summed E-state index contributed by atoms with van der Waals surface area (Å²) in [5.41, 5.74) is 0. The number of thiazole rings is 1. The maximum Gasteiger partial charge on any atom is 0.184 e. The number of aromatic nitrogens is 4. The average molecular weight is 209 g/mol. The Morgan fingerprint density at radius 3 is 3.00 bits per heavy atom. The molecule has 2 aromatic rings. The van der Waals surface area contributed by atoms with Crippen LogP contribution in [0.3, 0.4) is 0 Å². The Labute approximate surface area is 85.6 Å². The highest BCUT2D eigenvalue weighted by Gasteiger charge is 2.10. The molecule has 0 aliphatic rings. The first-order valence-corrected chi connectivity index (χ1v) is 5.11. The maximum absolute atomic E-state index is 4.27. The quantitative estimate of drug-likeness (QED) is 0.797. The SMILES string of the molecule is CNC(C)c1cnc(-c2ncn[nH]2)s1. The minimum atomic E-state index is 0.323. The fourth-order valence-corrected chi connectivity index (χ4v) is 1.97. The van der Waals surface area contributed by atoms with Gasteiger partial charge in [-0.1, -0.05) is 0 Å². The van der Waals surface area contributed by atoms with E-state index in [2.05, 4.69) is 32.4 Å². The Hall–Kier alpha value is -1.27. The molecule has 2 N–H and O–H groups in total. The normalized spacial score (nSPS) is 13.0. The zero-order valence-electron chi connectivity index (χ0n) is 7.98. The Morgan fingerprint density at radius 2 is 2.36 bits per heavy atom. The third-order valence-electron chi connectivity index (χ3n) is 2.00. The van der Waals surface area contributed by atoms with Crippen LogP contribution in [0.15, 0.2) is 12.5 Å². The molecule has 14 heavy (non-hydrogen) atoms. The largest absolute Gasteiger partial charge is 0.312 e. The van der Waals surface area contributed by atoms with E-state index in [1.807, 2.05) is 13.2 Å². The van der Waals surface area contributed by atoms with E-state index in [0.717, 1.165) is 10.8 Å². The van der Waals surface area contributed by atoms with Crippen LogP contribution in [0.5, 0.6) is 0 Å². The molecule has 0 saturated carbocycles. The van der Waals surface area contributed by atoms with Crippen molar-refractivity contribution in [2.45, 2.75) is 13.0 Å². The molecule has 74 valence electrons. The van der Waals surface area contributed by atoms with Crippen LogP contribution in [0.25, 0.3) is 10.8 Å². The molecule has 2 rings (SSSR count). The Morgan fingerprint density at radius 1 is 1.50 bits per heavy atom. The van der Waals surface area contributed by atoms with Crippen molar-refractivity contribution in [3.8, 4) is 10.8 Å². The smallest absolute Gasteiger partial charge is 0.184 e. The zero-order valence-corrected chi connectivity index (χ0v) is 8.80. The maximum atomic E-state index is 4.27. The highest BCUT2D eigenvalue weighted by molar-refractivity contribution is 7.15. The van der Waals surface area contributed by atoms with E-state index in [9.17, 15) is 0 Å². The van der Waals surface area contributed by atoms with Gasteiger partial charge in [-0.3, -0.25) is 5.10 Å². The molecule has 0 aliphatic carbocycles. The van der Waals surface area contributed by atoms with Gasteiger partial charge in [0.15, 0.2) is 10.8 Å². The van der Waals surface area contributed by atoms with Crippen LogP contribution < -0.4 is 5.32 Å². The molecule has 0 aromatic carbocycles. The van der Waals surface area contributed by atoms with E-state index in [4.69, 9.17) is 0 Å². The van der Waals surface area contributed by atoms with Gasteiger partial charge in [0.2, 0.25) is 0 Å². The number of hydrogen-bond donors (Lipinski definition) is 2. The van der Waals surface area contributed by atoms with Crippen LogP contribution in [0.4, 0.5) is 0 Å². The van der Waals surface area contributed by atoms with Crippen LogP contribution in [-0.2, 0) is 0 Å². The van der Waals surface area contributed by atoms with Crippen molar-refractivity contribution < 1.29 is 0 Å². The van der Waals surface area contributed by atoms with E-state index in [-0.39, 0.29) is 0 Å². The lowest BCUT2D eigenvalue weighted by molar-refractivity contribution is 0.662. The summed E-state index contributed by atoms with van der Waals surface area (Å²) in [6.45, 7) is 2.09. The molecule has 2 aromatic heterocycles. The molecule has 0 saturated heterocycles. The van der Waals surface area contributed by atoms with Crippen LogP contribution in [0.2, 0.25) is 0 Å². The van der Waals surface area contributed by atoms with Gasteiger partial charge in [0, 0.05) is 17.1 Å². The third-order valence-corrected chi connectivity index (χ3v) is 3.19. The molecule has 5 nitrogen and oxygen atoms in total. The van der Waals surface area contributed by atoms with Crippen molar-refractivity contribution >= 4 is 11.3 Å². The molecule has 2 heterocycles. The highest BCUT2D eigenvalue weighted by atomic mass is 32.1. The Bertz CT molecular complexity index is 394. The number of hydrogen-bond acceptors (Lipinski definition) is 5. The fourth-order valence-electron chi connectivity index (χ4n) is 1.05. The number of rotatable bonds is 3. The summed E-state index contributed by atoms with van der Waals surface area (Å²) in [5.74, 6) is 0.726. The standard InChI is InChI=1S/C8H11N5S/c1-5(9-2)6-3-10-8(14-6)7-11-4-12-13-7/h3-5,9H,1-2H3,(H,11,12,13). The minimum Gasteiger partial charge on any atom is -0.312 e. The number of nitrogens with one attached hydrogen (secondary N) is 2. The number of aromatic amines is 1. The van der Waals surface area contributed by atoms with E-state index in [1.54, 1.807) is 11.3 Å². The molecule has 0 bridgehead atoms. The summed E-state index contributed by atoms with van der Waals surface area (Å²) in [4.78, 5) is 9.51. The van der Waals surface area contributed by atoms with Crippen LogP contribution in [-0.4, -0.2) is 27.2 Å². The van der Waals surface area contributed by atoms with E-state index in [1.165, 1.54) is 11.2 Å². The zero-order chi connectivity index (χ0) is 9.97. The Kier molecular flexibility index (Phi) is 2.55. The van der Waals surface area contributed by atoms with Gasteiger partial charge in [0.25, 0.3) is 0 Å². The molecular formula is C8H11N5S. The lowest BCUT2D eigenvalue weighted by Gasteiger charge is -2.04. The van der Waals surface area contributed by atoms with E-state index in [0.29, 0.717) is 6.04 Å². The second-order valence-corrected chi connectivity index (χ2v) is 3.97. The first kappa shape index (κ1) is 9.29. The average Bonchev–Trinajstić information content (AvgIpc) is 2.86. The molecule has 1 unspecified atom stereocenters. The van der Waals surface area contributed by atoms with Gasteiger partial charge in [0.1, 0.15) is 6.33 Å². The van der Waals surface area contributed by atoms with Crippen LogP contribution in [0.1, 0.15) is 17.8 Å². The van der Waals surface area contributed by atoms with E-state index >= 15 is 0 Å². The van der Waals surface area contributed by atoms with Gasteiger partial charge in [-0.2, -0.15) is 5.10 Å². The summed E-state index contributed by atoms with van der Waals surface area (Å²) in [5, 5.41) is 10.6. The first-order chi connectivity index (χ1) is 6.81. The lowest BCUT2D eigenvalue weighted by Crippen LogP contribution is -2.10. The van der Waals surface area contributed by atoms with Gasteiger partial charge in [-0.15, -0.1) is 11.3 Å². The molecule has 0 aliphatic heterocycles. The monoisotopic (exact) mass is 209 g/mol. The van der Waals surface area contributed by atoms with Gasteiger partial charge in [-0.25, -0.2) is 9.97 Å². The van der Waals surface area contributed by atoms with Crippen molar-refractivity contribution in [2.24, 2.45) is 0 Å². The summed E-state index contributed by atoms with van der Waals surface area (Å²) in [7, 11) is 1.93. The number of nitrogens with zero attached hydrogens (tertiary/aromatic N) is 3. The van der Waals surface area contributed by atoms with Gasteiger partial charge in [0.05, 0.1) is 0 Å². The van der Waals surface area contributed by atoms with Crippen molar-refractivity contribution in [3.05, 3.63) is 17.4 Å². The highest BCUT2D eigenvalue weighted by Crippen LogP contribution is 2.25. The van der Waals surface area contributed by atoms with Crippen molar-refractivity contribution in [2.75, 3.05) is 7.05 Å². The number of H-pyrrole nitrogens is 1. The molecule has 0 fully saturated rings. The van der Waals surface area contributed by atoms with Crippen molar-refractivity contribution in [3.63, 3.8) is 0 Å². The molecular weight excluding hydrogens is 198 g/mol. The summed E-state index contributed by atoms with van der Waals surface area (Å²) >= 11 is 1.62. The van der Waals surface area contributed by atoms with Gasteiger partial charge in [-0.05, 0) is 14.0 Å². The second-order valence-electron chi connectivity index (χ2n) is 2.91. The first-order valence-electron chi connectivity index (χ1n) is 4.30. The summed E-state index contributed by atoms with van der Waals surface area (Å²) in [6, 6.07) is 0.323. The lowest BCUT2D eigenvalue weighted by atomic mass is 10.3. The summed E-state index contributed by atoms with van der Waals surface area (Å²) in [6.07, 6.45) is 3.35. The summed E-state index contributed by atoms with van der Waals surface area (Å²) < 4.78 is 0. The molecule has 6 heteroatoms. The molecule has 0 radical (unpaired) electrons. The predicted molar refractivity (Wildman–Crippen MR) is 55.0 cm³/mol. The van der Waals surface area contributed by atoms with Gasteiger partial charge >= 0.3 is 0 Å². The van der Waals surface area contributed by atoms with Crippen molar-refractivity contribution in [1.82, 2.24) is 25.5 Å². The second kappa shape index (κ2) is 3.85. The van der Waals surface area contributed by atoms with Crippen molar-refractivity contribution in [1.29, 1.82) is 0 Å². The third kappa shape index (κ3) is 1.66. The minimum absolute atomic E-state index is 0.323. The molecule has 0 amide bonds. The predicted octanol–water partition coefficient (Wildman–Crippen LogP) is 1.21. The van der Waals surface area contributed by atoms with Gasteiger partial charge < -0.3 is 5.32 Å². The topological polar surface area (TPSA) is 66.5 Å².